The van der Waals surface area contributed by atoms with Crippen LogP contribution < -0.4 is 5.32 Å². The number of aromatic nitrogens is 1. The van der Waals surface area contributed by atoms with E-state index in [1.54, 1.807) is 6.92 Å². The van der Waals surface area contributed by atoms with Gasteiger partial charge in [-0.2, -0.15) is 0 Å². The Morgan fingerprint density at radius 2 is 2.00 bits per heavy atom. The first-order chi connectivity index (χ1) is 12.8. The zero-order valence-electron chi connectivity index (χ0n) is 14.7. The lowest BCUT2D eigenvalue weighted by atomic mass is 10.1. The molecule has 0 aliphatic carbocycles. The number of aryl methyl sites for hydroxylation is 1. The molecule has 1 aromatic carbocycles. The number of sulfone groups is 1. The summed E-state index contributed by atoms with van der Waals surface area (Å²) < 4.78 is 43.2. The topological polar surface area (TPSA) is 85.4 Å². The first kappa shape index (κ1) is 19.2. The average molecular weight is 408 g/mol. The van der Waals surface area contributed by atoms with Crippen LogP contribution in [0, 0.1) is 12.7 Å². The fourth-order valence-electron chi connectivity index (χ4n) is 2.57. The second-order valence-corrected chi connectivity index (χ2v) is 8.78. The lowest BCUT2D eigenvalue weighted by Crippen LogP contribution is -2.18. The molecule has 142 valence electrons. The number of anilines is 1. The highest BCUT2D eigenvalue weighted by atomic mass is 32.2. The van der Waals surface area contributed by atoms with Crippen molar-refractivity contribution in [3.8, 4) is 0 Å². The van der Waals surface area contributed by atoms with Gasteiger partial charge in [0, 0.05) is 21.8 Å². The van der Waals surface area contributed by atoms with Gasteiger partial charge >= 0.3 is 5.97 Å². The van der Waals surface area contributed by atoms with Gasteiger partial charge in [0.25, 0.3) is 0 Å². The largest absolute Gasteiger partial charge is 0.462 e. The minimum atomic E-state index is -3.74. The van der Waals surface area contributed by atoms with Gasteiger partial charge in [0.05, 0.1) is 22.7 Å². The number of fused-ring (bicyclic) bond motifs is 1. The predicted molar refractivity (Wildman–Crippen MR) is 102 cm³/mol. The average Bonchev–Trinajstić information content (AvgIpc) is 3.01. The minimum Gasteiger partial charge on any atom is -0.462 e. The number of nitrogens with zero attached hydrogens (tertiary/aromatic N) is 1. The number of carbonyl (C=O) groups is 1. The Balaban J connectivity index is 1.98. The fraction of sp³-hybridized carbons (Fsp3) is 0.222. The third-order valence-electron chi connectivity index (χ3n) is 3.91. The van der Waals surface area contributed by atoms with E-state index in [9.17, 15) is 17.6 Å². The highest BCUT2D eigenvalue weighted by Gasteiger charge is 2.21. The van der Waals surface area contributed by atoms with Crippen molar-refractivity contribution in [2.45, 2.75) is 18.7 Å². The summed E-state index contributed by atoms with van der Waals surface area (Å²) in [6, 6.07) is 4.58. The van der Waals surface area contributed by atoms with Crippen LogP contribution in [0.3, 0.4) is 0 Å². The molecule has 6 nitrogen and oxygen atoms in total. The van der Waals surface area contributed by atoms with Crippen molar-refractivity contribution in [1.82, 2.24) is 4.98 Å². The van der Waals surface area contributed by atoms with Crippen molar-refractivity contribution < 1.29 is 22.3 Å². The van der Waals surface area contributed by atoms with Gasteiger partial charge in [0.1, 0.15) is 17.3 Å². The third kappa shape index (κ3) is 3.93. The molecule has 0 aliphatic heterocycles. The first-order valence-corrected chi connectivity index (χ1v) is 10.6. The van der Waals surface area contributed by atoms with Crippen LogP contribution in [0.1, 0.15) is 22.2 Å². The van der Waals surface area contributed by atoms with Crippen molar-refractivity contribution in [2.75, 3.05) is 17.8 Å². The molecule has 0 saturated heterocycles. The minimum absolute atomic E-state index is 0.0131. The molecule has 2 heterocycles. The van der Waals surface area contributed by atoms with E-state index in [0.717, 1.165) is 17.0 Å². The van der Waals surface area contributed by atoms with Gasteiger partial charge in [-0.25, -0.2) is 17.6 Å². The van der Waals surface area contributed by atoms with E-state index in [0.29, 0.717) is 16.6 Å². The molecule has 9 heteroatoms. The molecule has 3 aromatic rings. The van der Waals surface area contributed by atoms with Crippen molar-refractivity contribution in [1.29, 1.82) is 0 Å². The van der Waals surface area contributed by atoms with E-state index in [1.165, 1.54) is 29.7 Å². The number of hydrogen-bond donors (Lipinski definition) is 1. The zero-order chi connectivity index (χ0) is 19.6. The second-order valence-electron chi connectivity index (χ2n) is 5.71. The molecular weight excluding hydrogens is 391 g/mol. The van der Waals surface area contributed by atoms with Gasteiger partial charge in [-0.3, -0.25) is 4.98 Å². The number of pyridine rings is 1. The number of hydrogen-bond acceptors (Lipinski definition) is 7. The van der Waals surface area contributed by atoms with Crippen LogP contribution in [0.25, 0.3) is 10.9 Å². The maximum Gasteiger partial charge on any atom is 0.341 e. The summed E-state index contributed by atoms with van der Waals surface area (Å²) in [6.07, 6.45) is 1.38. The lowest BCUT2D eigenvalue weighted by molar-refractivity contribution is 0.0527. The molecule has 0 radical (unpaired) electrons. The Kier molecular flexibility index (Phi) is 5.43. The van der Waals surface area contributed by atoms with E-state index in [1.807, 2.05) is 12.3 Å². The summed E-state index contributed by atoms with van der Waals surface area (Å²) >= 11 is 1.45. The zero-order valence-corrected chi connectivity index (χ0v) is 16.3. The molecule has 3 rings (SSSR count). The monoisotopic (exact) mass is 408 g/mol. The normalized spacial score (nSPS) is 11.5. The van der Waals surface area contributed by atoms with Gasteiger partial charge in [-0.1, -0.05) is 0 Å². The van der Waals surface area contributed by atoms with Gasteiger partial charge < -0.3 is 10.1 Å². The van der Waals surface area contributed by atoms with Crippen LogP contribution in [-0.4, -0.2) is 31.9 Å². The van der Waals surface area contributed by atoms with E-state index in [-0.39, 0.29) is 17.1 Å². The summed E-state index contributed by atoms with van der Waals surface area (Å²) in [5.74, 6) is -1.56. The number of thiophene rings is 1. The van der Waals surface area contributed by atoms with Crippen LogP contribution in [0.4, 0.5) is 10.1 Å². The Morgan fingerprint density at radius 1 is 1.30 bits per heavy atom. The van der Waals surface area contributed by atoms with E-state index in [2.05, 4.69) is 10.3 Å². The molecular formula is C18H17FN2O4S2. The first-order valence-electron chi connectivity index (χ1n) is 8.09. The predicted octanol–water partition coefficient (Wildman–Crippen LogP) is 3.76. The number of ether oxygens (including phenoxy) is 1. The van der Waals surface area contributed by atoms with Crippen molar-refractivity contribution in [2.24, 2.45) is 0 Å². The number of esters is 1. The molecule has 0 bridgehead atoms. The van der Waals surface area contributed by atoms with Gasteiger partial charge in [0.2, 0.25) is 0 Å². The molecule has 1 N–H and O–H groups in total. The molecule has 2 aromatic heterocycles. The van der Waals surface area contributed by atoms with Gasteiger partial charge in [0.15, 0.2) is 9.84 Å². The molecule has 27 heavy (non-hydrogen) atoms. The van der Waals surface area contributed by atoms with Crippen LogP contribution in [-0.2, 0) is 14.6 Å². The van der Waals surface area contributed by atoms with E-state index < -0.39 is 27.5 Å². The number of benzene rings is 1. The summed E-state index contributed by atoms with van der Waals surface area (Å²) in [5.41, 5.74) is 1.21. The molecule has 0 aliphatic rings. The van der Waals surface area contributed by atoms with Crippen LogP contribution in [0.5, 0.6) is 0 Å². The Hall–Kier alpha value is -2.52. The van der Waals surface area contributed by atoms with Gasteiger partial charge in [-0.05, 0) is 38.1 Å². The Morgan fingerprint density at radius 3 is 2.67 bits per heavy atom. The molecule has 0 spiro atoms. The Bertz CT molecular complexity index is 1090. The number of carbonyl (C=O) groups excluding carboxylic acids is 1. The summed E-state index contributed by atoms with van der Waals surface area (Å²) in [4.78, 5) is 17.5. The van der Waals surface area contributed by atoms with Crippen molar-refractivity contribution >= 4 is 43.7 Å². The maximum absolute atomic E-state index is 13.0. The molecule has 0 unspecified atom stereocenters. The quantitative estimate of drug-likeness (QED) is 0.494. The van der Waals surface area contributed by atoms with E-state index in [4.69, 9.17) is 4.74 Å². The maximum atomic E-state index is 13.0. The highest BCUT2D eigenvalue weighted by molar-refractivity contribution is 7.91. The summed E-state index contributed by atoms with van der Waals surface area (Å²) in [5, 5.41) is 5.31. The van der Waals surface area contributed by atoms with Crippen LogP contribution in [0.15, 0.2) is 40.7 Å². The summed E-state index contributed by atoms with van der Waals surface area (Å²) in [7, 11) is -3.74. The van der Waals surface area contributed by atoms with Gasteiger partial charge in [-0.15, -0.1) is 11.3 Å². The fourth-order valence-corrected chi connectivity index (χ4v) is 4.42. The lowest BCUT2D eigenvalue weighted by Gasteiger charge is -2.13. The Labute approximate surface area is 159 Å². The number of halogens is 1. The number of rotatable bonds is 6. The molecule has 0 amide bonds. The smallest absolute Gasteiger partial charge is 0.341 e. The van der Waals surface area contributed by atoms with Crippen LogP contribution in [0.2, 0.25) is 0 Å². The van der Waals surface area contributed by atoms with Crippen molar-refractivity contribution in [3.05, 3.63) is 52.1 Å². The third-order valence-corrected chi connectivity index (χ3v) is 6.33. The second kappa shape index (κ2) is 7.61. The standard InChI is InChI=1S/C18H17FN2O4S2/c1-3-25-18(22)14-8-20-16-11(2)26-9-15(16)17(14)21-10-27(23,24)13-6-4-12(19)5-7-13/h4-9,21H,3,10H2,1-2H3. The summed E-state index contributed by atoms with van der Waals surface area (Å²) in [6.45, 7) is 3.76. The SMILES string of the molecule is CCOC(=O)c1cnc2c(C)scc2c1NCS(=O)(=O)c1ccc(F)cc1. The molecule has 0 atom stereocenters. The highest BCUT2D eigenvalue weighted by Crippen LogP contribution is 2.32. The van der Waals surface area contributed by atoms with Crippen LogP contribution >= 0.6 is 11.3 Å². The molecule has 0 fully saturated rings. The van der Waals surface area contributed by atoms with Crippen molar-refractivity contribution in [3.63, 3.8) is 0 Å². The van der Waals surface area contributed by atoms with E-state index >= 15 is 0 Å². The molecule has 0 saturated carbocycles. The number of nitrogens with one attached hydrogen (secondary N) is 1.